The van der Waals surface area contributed by atoms with Crippen molar-refractivity contribution >= 4 is 76.4 Å². The Labute approximate surface area is 280 Å². The average molecular weight is 627 g/mol. The van der Waals surface area contributed by atoms with Crippen molar-refractivity contribution in [2.45, 2.75) is 0 Å². The van der Waals surface area contributed by atoms with Gasteiger partial charge < -0.3 is 13.4 Å². The molecule has 0 amide bonds. The number of hydrogen-bond donors (Lipinski definition) is 0. The summed E-state index contributed by atoms with van der Waals surface area (Å²) in [6.07, 6.45) is 0. The Morgan fingerprint density at radius 3 is 2.00 bits per heavy atom. The van der Waals surface area contributed by atoms with E-state index in [2.05, 4.69) is 126 Å². The van der Waals surface area contributed by atoms with Crippen LogP contribution in [0, 0.1) is 0 Å². The molecule has 0 aliphatic carbocycles. The monoisotopic (exact) mass is 626 g/mol. The molecule has 8 aromatic carbocycles. The summed E-state index contributed by atoms with van der Waals surface area (Å²) in [5, 5.41) is 9.14. The van der Waals surface area contributed by atoms with Crippen molar-refractivity contribution in [3.05, 3.63) is 158 Å². The van der Waals surface area contributed by atoms with E-state index in [-0.39, 0.29) is 0 Å². The first-order chi connectivity index (χ1) is 24.3. The van der Waals surface area contributed by atoms with Gasteiger partial charge in [0.1, 0.15) is 16.7 Å². The minimum absolute atomic E-state index is 0.584. The molecule has 0 saturated carbocycles. The number of furan rings is 1. The van der Waals surface area contributed by atoms with E-state index in [1.807, 2.05) is 36.4 Å². The molecule has 0 fully saturated rings. The molecule has 0 aliphatic rings. The van der Waals surface area contributed by atoms with Crippen LogP contribution in [-0.4, -0.2) is 9.55 Å². The molecule has 0 unspecified atom stereocenters. The molecule has 3 aromatic heterocycles. The van der Waals surface area contributed by atoms with Crippen LogP contribution in [0.1, 0.15) is 0 Å². The molecule has 3 heterocycles. The first kappa shape index (κ1) is 26.4. The second-order valence-electron chi connectivity index (χ2n) is 12.7. The van der Waals surface area contributed by atoms with Crippen molar-refractivity contribution in [1.29, 1.82) is 0 Å². The molecular formula is C45H26N2O2. The fourth-order valence-electron chi connectivity index (χ4n) is 7.81. The lowest BCUT2D eigenvalue weighted by molar-refractivity contribution is 0.621. The van der Waals surface area contributed by atoms with Crippen LogP contribution in [0.4, 0.5) is 0 Å². The maximum atomic E-state index is 6.83. The molecule has 4 heteroatoms. The summed E-state index contributed by atoms with van der Waals surface area (Å²) in [6, 6.07) is 55.4. The maximum absolute atomic E-state index is 6.83. The maximum Gasteiger partial charge on any atom is 0.227 e. The SMILES string of the molecule is c1ccc(-c2cc3oc4ccccc4c3c3nc(-c4ccc(-n5c6ccccc6c6cc7ccccc7cc65)c5ccccc45)oc23)cc1. The van der Waals surface area contributed by atoms with Gasteiger partial charge in [0.2, 0.25) is 5.89 Å². The van der Waals surface area contributed by atoms with Gasteiger partial charge in [-0.3, -0.25) is 0 Å². The number of rotatable bonds is 3. The van der Waals surface area contributed by atoms with E-state index < -0.39 is 0 Å². The van der Waals surface area contributed by atoms with Crippen LogP contribution in [-0.2, 0) is 0 Å². The largest absolute Gasteiger partial charge is 0.456 e. The van der Waals surface area contributed by atoms with Gasteiger partial charge in [0, 0.05) is 32.7 Å². The molecule has 0 aliphatic heterocycles. The van der Waals surface area contributed by atoms with Gasteiger partial charge in [0.05, 0.1) is 22.1 Å². The van der Waals surface area contributed by atoms with Gasteiger partial charge in [-0.2, -0.15) is 0 Å². The molecule has 0 radical (unpaired) electrons. The lowest BCUT2D eigenvalue weighted by atomic mass is 10.0. The van der Waals surface area contributed by atoms with E-state index in [9.17, 15) is 0 Å². The van der Waals surface area contributed by atoms with Crippen molar-refractivity contribution in [2.24, 2.45) is 0 Å². The number of benzene rings is 8. The smallest absolute Gasteiger partial charge is 0.227 e. The van der Waals surface area contributed by atoms with E-state index in [4.69, 9.17) is 13.8 Å². The first-order valence-corrected chi connectivity index (χ1v) is 16.5. The minimum Gasteiger partial charge on any atom is -0.456 e. The summed E-state index contributed by atoms with van der Waals surface area (Å²) in [5.41, 5.74) is 9.62. The average Bonchev–Trinajstić information content (AvgIpc) is 3.85. The molecular weight excluding hydrogens is 601 g/mol. The van der Waals surface area contributed by atoms with Crippen LogP contribution in [0.2, 0.25) is 0 Å². The summed E-state index contributed by atoms with van der Waals surface area (Å²) in [6.45, 7) is 0. The zero-order valence-electron chi connectivity index (χ0n) is 26.2. The molecule has 228 valence electrons. The Hall–Kier alpha value is -6.65. The van der Waals surface area contributed by atoms with Gasteiger partial charge in [0.25, 0.3) is 0 Å². The molecule has 0 saturated heterocycles. The highest BCUT2D eigenvalue weighted by molar-refractivity contribution is 6.20. The molecule has 49 heavy (non-hydrogen) atoms. The van der Waals surface area contributed by atoms with E-state index in [1.165, 1.54) is 32.6 Å². The molecule has 11 rings (SSSR count). The lowest BCUT2D eigenvalue weighted by Crippen LogP contribution is -1.96. The molecule has 0 bridgehead atoms. The summed E-state index contributed by atoms with van der Waals surface area (Å²) in [7, 11) is 0. The standard InChI is InChI=1S/C45H26N2O2/c1-2-12-27(13-3-1)35-26-41-42(34-19-9-11-21-40(34)48-41)43-44(35)49-45(46-43)33-22-23-38(31-17-7-6-16-30(31)33)47-37-20-10-8-18-32(37)36-24-28-14-4-5-15-29(28)25-39(36)47/h1-26H. The topological polar surface area (TPSA) is 44.1 Å². The van der Waals surface area contributed by atoms with Gasteiger partial charge in [-0.1, -0.05) is 115 Å². The van der Waals surface area contributed by atoms with Gasteiger partial charge in [-0.25, -0.2) is 4.98 Å². The Kier molecular flexibility index (Phi) is 5.35. The summed E-state index contributed by atoms with van der Waals surface area (Å²) >= 11 is 0. The number of para-hydroxylation sites is 2. The third kappa shape index (κ3) is 3.77. The summed E-state index contributed by atoms with van der Waals surface area (Å²) < 4.78 is 15.6. The highest BCUT2D eigenvalue weighted by Gasteiger charge is 2.23. The van der Waals surface area contributed by atoms with Crippen molar-refractivity contribution in [3.8, 4) is 28.3 Å². The minimum atomic E-state index is 0.584. The molecule has 0 atom stereocenters. The fourth-order valence-corrected chi connectivity index (χ4v) is 7.81. The Morgan fingerprint density at radius 2 is 1.14 bits per heavy atom. The van der Waals surface area contributed by atoms with Gasteiger partial charge in [-0.05, 0) is 64.2 Å². The normalized spacial score (nSPS) is 12.1. The van der Waals surface area contributed by atoms with Gasteiger partial charge >= 0.3 is 0 Å². The zero-order chi connectivity index (χ0) is 32.1. The number of oxazole rings is 1. The van der Waals surface area contributed by atoms with Gasteiger partial charge in [-0.15, -0.1) is 0 Å². The predicted molar refractivity (Wildman–Crippen MR) is 202 cm³/mol. The van der Waals surface area contributed by atoms with Crippen LogP contribution in [0.15, 0.2) is 167 Å². The van der Waals surface area contributed by atoms with Crippen LogP contribution in [0.3, 0.4) is 0 Å². The number of aromatic nitrogens is 2. The Morgan fingerprint density at radius 1 is 0.449 bits per heavy atom. The summed E-state index contributed by atoms with van der Waals surface area (Å²) in [5.74, 6) is 0.584. The van der Waals surface area contributed by atoms with Crippen LogP contribution in [0.25, 0.3) is 105 Å². The third-order valence-electron chi connectivity index (χ3n) is 10.0. The fraction of sp³-hybridized carbons (Fsp3) is 0. The first-order valence-electron chi connectivity index (χ1n) is 16.5. The van der Waals surface area contributed by atoms with Crippen LogP contribution in [0.5, 0.6) is 0 Å². The molecule has 4 nitrogen and oxygen atoms in total. The van der Waals surface area contributed by atoms with Crippen molar-refractivity contribution < 1.29 is 8.83 Å². The van der Waals surface area contributed by atoms with Crippen LogP contribution < -0.4 is 0 Å². The number of hydrogen-bond acceptors (Lipinski definition) is 3. The third-order valence-corrected chi connectivity index (χ3v) is 10.0. The molecule has 0 spiro atoms. The van der Waals surface area contributed by atoms with Crippen molar-refractivity contribution in [3.63, 3.8) is 0 Å². The number of nitrogens with zero attached hydrogens (tertiary/aromatic N) is 2. The highest BCUT2D eigenvalue weighted by Crippen LogP contribution is 2.44. The quantitative estimate of drug-likeness (QED) is 0.196. The highest BCUT2D eigenvalue weighted by atomic mass is 16.4. The van der Waals surface area contributed by atoms with E-state index in [0.29, 0.717) is 5.89 Å². The van der Waals surface area contributed by atoms with Crippen molar-refractivity contribution in [2.75, 3.05) is 0 Å². The van der Waals surface area contributed by atoms with E-state index in [0.717, 1.165) is 66.2 Å². The number of fused-ring (bicyclic) bond motifs is 10. The zero-order valence-corrected chi connectivity index (χ0v) is 26.2. The summed E-state index contributed by atoms with van der Waals surface area (Å²) in [4.78, 5) is 5.26. The van der Waals surface area contributed by atoms with Crippen LogP contribution >= 0.6 is 0 Å². The Balaban J connectivity index is 1.20. The predicted octanol–water partition coefficient (Wildman–Crippen LogP) is 12.5. The lowest BCUT2D eigenvalue weighted by Gasteiger charge is -2.14. The van der Waals surface area contributed by atoms with Gasteiger partial charge in [0.15, 0.2) is 5.58 Å². The Bertz CT molecular complexity index is 3110. The van der Waals surface area contributed by atoms with Crippen molar-refractivity contribution in [1.82, 2.24) is 9.55 Å². The molecule has 0 N–H and O–H groups in total. The second-order valence-corrected chi connectivity index (χ2v) is 12.7. The second kappa shape index (κ2) is 9.93. The molecule has 11 aromatic rings. The van der Waals surface area contributed by atoms with E-state index >= 15 is 0 Å². The van der Waals surface area contributed by atoms with E-state index in [1.54, 1.807) is 0 Å².